The smallest absolute Gasteiger partial charge is 0.409 e. The molecular weight excluding hydrogens is 364 g/mol. The van der Waals surface area contributed by atoms with Crippen molar-refractivity contribution in [3.8, 4) is 11.5 Å². The minimum atomic E-state index is -0.243. The Balaban J connectivity index is 1.65. The number of hydrogen-bond acceptors (Lipinski definition) is 4. The van der Waals surface area contributed by atoms with Crippen LogP contribution in [0.3, 0.4) is 0 Å². The summed E-state index contributed by atoms with van der Waals surface area (Å²) < 4.78 is 11.3. The Kier molecular flexibility index (Phi) is 4.94. The fourth-order valence-corrected chi connectivity index (χ4v) is 3.62. The van der Waals surface area contributed by atoms with E-state index in [9.17, 15) is 4.79 Å². The van der Waals surface area contributed by atoms with E-state index in [0.29, 0.717) is 24.7 Å². The van der Waals surface area contributed by atoms with Crippen LogP contribution in [0.25, 0.3) is 11.8 Å². The SMILES string of the molecule is CCOC(=O)N1CCN(C2=Cc3cc(Cl)ccc3Oc3ccccc32)CC1. The molecule has 1 amide bonds. The van der Waals surface area contributed by atoms with Gasteiger partial charge < -0.3 is 19.3 Å². The number of nitrogens with zero attached hydrogens (tertiary/aromatic N) is 2. The first-order valence-corrected chi connectivity index (χ1v) is 9.48. The van der Waals surface area contributed by atoms with Crippen LogP contribution in [-0.4, -0.2) is 48.7 Å². The highest BCUT2D eigenvalue weighted by Gasteiger charge is 2.26. The molecule has 1 fully saturated rings. The number of hydrogen-bond donors (Lipinski definition) is 0. The van der Waals surface area contributed by atoms with E-state index < -0.39 is 0 Å². The average Bonchev–Trinajstić information content (AvgIpc) is 2.85. The van der Waals surface area contributed by atoms with Gasteiger partial charge in [-0.15, -0.1) is 0 Å². The predicted octanol–water partition coefficient (Wildman–Crippen LogP) is 4.72. The van der Waals surface area contributed by atoms with Crippen LogP contribution in [0.15, 0.2) is 42.5 Å². The predicted molar refractivity (Wildman–Crippen MR) is 106 cm³/mol. The number of halogens is 1. The van der Waals surface area contributed by atoms with Gasteiger partial charge in [-0.2, -0.15) is 0 Å². The van der Waals surface area contributed by atoms with Crippen molar-refractivity contribution in [3.63, 3.8) is 0 Å². The number of ether oxygens (including phenoxy) is 2. The quantitative estimate of drug-likeness (QED) is 0.751. The van der Waals surface area contributed by atoms with Gasteiger partial charge in [0.15, 0.2) is 0 Å². The number of amides is 1. The van der Waals surface area contributed by atoms with E-state index in [0.717, 1.165) is 41.4 Å². The Morgan fingerprint density at radius 2 is 1.89 bits per heavy atom. The van der Waals surface area contributed by atoms with Gasteiger partial charge in [0, 0.05) is 48.0 Å². The van der Waals surface area contributed by atoms with Crippen molar-refractivity contribution < 1.29 is 14.3 Å². The molecule has 140 valence electrons. The van der Waals surface area contributed by atoms with E-state index in [1.54, 1.807) is 4.90 Å². The lowest BCUT2D eigenvalue weighted by atomic mass is 10.1. The fourth-order valence-electron chi connectivity index (χ4n) is 3.44. The van der Waals surface area contributed by atoms with Gasteiger partial charge in [-0.3, -0.25) is 0 Å². The largest absolute Gasteiger partial charge is 0.456 e. The third-order valence-electron chi connectivity index (χ3n) is 4.79. The maximum Gasteiger partial charge on any atom is 0.409 e. The molecule has 2 aliphatic heterocycles. The third kappa shape index (κ3) is 3.60. The summed E-state index contributed by atoms with van der Waals surface area (Å²) in [5, 5.41) is 0.672. The van der Waals surface area contributed by atoms with E-state index in [4.69, 9.17) is 21.1 Å². The molecule has 0 bridgehead atoms. The van der Waals surface area contributed by atoms with Crippen LogP contribution in [0.1, 0.15) is 18.1 Å². The molecule has 0 unspecified atom stereocenters. The van der Waals surface area contributed by atoms with Crippen LogP contribution in [-0.2, 0) is 4.74 Å². The molecule has 0 saturated carbocycles. The molecule has 4 rings (SSSR count). The molecule has 27 heavy (non-hydrogen) atoms. The maximum absolute atomic E-state index is 12.0. The molecule has 0 N–H and O–H groups in total. The summed E-state index contributed by atoms with van der Waals surface area (Å²) in [6.45, 7) is 4.93. The lowest BCUT2D eigenvalue weighted by Crippen LogP contribution is -2.48. The molecule has 1 saturated heterocycles. The summed E-state index contributed by atoms with van der Waals surface area (Å²) in [5.74, 6) is 1.60. The molecule has 2 aromatic rings. The summed E-state index contributed by atoms with van der Waals surface area (Å²) >= 11 is 6.20. The normalized spacial score (nSPS) is 15.9. The lowest BCUT2D eigenvalue weighted by Gasteiger charge is -2.36. The second-order valence-electron chi connectivity index (χ2n) is 6.48. The molecule has 0 radical (unpaired) electrons. The summed E-state index contributed by atoms with van der Waals surface area (Å²) in [6, 6.07) is 13.7. The van der Waals surface area contributed by atoms with Crippen LogP contribution in [0, 0.1) is 0 Å². The Hall–Kier alpha value is -2.66. The van der Waals surface area contributed by atoms with Gasteiger partial charge in [-0.05, 0) is 43.3 Å². The highest BCUT2D eigenvalue weighted by molar-refractivity contribution is 6.30. The number of piperazine rings is 1. The van der Waals surface area contributed by atoms with Gasteiger partial charge in [-0.1, -0.05) is 23.7 Å². The molecule has 5 nitrogen and oxygen atoms in total. The van der Waals surface area contributed by atoms with Crippen molar-refractivity contribution in [2.75, 3.05) is 32.8 Å². The topological polar surface area (TPSA) is 42.0 Å². The van der Waals surface area contributed by atoms with Crippen LogP contribution in [0.4, 0.5) is 4.79 Å². The second kappa shape index (κ2) is 7.53. The molecule has 0 aliphatic carbocycles. The zero-order valence-corrected chi connectivity index (χ0v) is 15.9. The monoisotopic (exact) mass is 384 g/mol. The number of para-hydroxylation sites is 1. The molecular formula is C21H21ClN2O3. The summed E-state index contributed by atoms with van der Waals surface area (Å²) in [7, 11) is 0. The van der Waals surface area contributed by atoms with Gasteiger partial charge >= 0.3 is 6.09 Å². The Labute approximate surface area is 163 Å². The van der Waals surface area contributed by atoms with Gasteiger partial charge in [0.1, 0.15) is 11.5 Å². The molecule has 0 spiro atoms. The van der Waals surface area contributed by atoms with Crippen LogP contribution in [0.5, 0.6) is 11.5 Å². The first-order chi connectivity index (χ1) is 13.2. The first kappa shape index (κ1) is 17.7. The van der Waals surface area contributed by atoms with Gasteiger partial charge in [-0.25, -0.2) is 4.79 Å². The summed E-state index contributed by atoms with van der Waals surface area (Å²) in [4.78, 5) is 16.0. The van der Waals surface area contributed by atoms with E-state index in [2.05, 4.69) is 17.0 Å². The number of benzene rings is 2. The standard InChI is InChI=1S/C21H21ClN2O3/c1-2-26-21(25)24-11-9-23(10-12-24)18-14-15-13-16(22)7-8-19(15)27-20-6-4-3-5-17(18)20/h3-8,13-14H,2,9-12H2,1H3. The summed E-state index contributed by atoms with van der Waals surface area (Å²) in [6.07, 6.45) is 1.88. The highest BCUT2D eigenvalue weighted by atomic mass is 35.5. The minimum absolute atomic E-state index is 0.243. The van der Waals surface area contributed by atoms with Crippen LogP contribution >= 0.6 is 11.6 Å². The van der Waals surface area contributed by atoms with E-state index >= 15 is 0 Å². The van der Waals surface area contributed by atoms with Crippen LogP contribution < -0.4 is 4.74 Å². The van der Waals surface area contributed by atoms with Crippen molar-refractivity contribution >= 4 is 29.5 Å². The van der Waals surface area contributed by atoms with Crippen molar-refractivity contribution in [3.05, 3.63) is 58.6 Å². The van der Waals surface area contributed by atoms with Crippen molar-refractivity contribution in [2.24, 2.45) is 0 Å². The lowest BCUT2D eigenvalue weighted by molar-refractivity contribution is 0.0907. The first-order valence-electron chi connectivity index (χ1n) is 9.11. The molecule has 0 atom stereocenters. The minimum Gasteiger partial charge on any atom is -0.456 e. The van der Waals surface area contributed by atoms with E-state index in [-0.39, 0.29) is 6.09 Å². The number of rotatable bonds is 2. The zero-order chi connectivity index (χ0) is 18.8. The van der Waals surface area contributed by atoms with E-state index in [1.165, 1.54) is 0 Å². The fraction of sp³-hybridized carbons (Fsp3) is 0.286. The number of carbonyl (C=O) groups is 1. The van der Waals surface area contributed by atoms with Crippen molar-refractivity contribution in [2.45, 2.75) is 6.92 Å². The molecule has 0 aromatic heterocycles. The zero-order valence-electron chi connectivity index (χ0n) is 15.2. The van der Waals surface area contributed by atoms with Crippen molar-refractivity contribution in [1.82, 2.24) is 9.80 Å². The Morgan fingerprint density at radius 1 is 1.11 bits per heavy atom. The molecule has 6 heteroatoms. The summed E-state index contributed by atoms with van der Waals surface area (Å²) in [5.41, 5.74) is 3.06. The van der Waals surface area contributed by atoms with Crippen LogP contribution in [0.2, 0.25) is 5.02 Å². The van der Waals surface area contributed by atoms with Crippen molar-refractivity contribution in [1.29, 1.82) is 0 Å². The Bertz CT molecular complexity index is 889. The van der Waals surface area contributed by atoms with Gasteiger partial charge in [0.25, 0.3) is 0 Å². The molecule has 2 aliphatic rings. The average molecular weight is 385 g/mol. The number of fused-ring (bicyclic) bond motifs is 2. The third-order valence-corrected chi connectivity index (χ3v) is 5.03. The number of carbonyl (C=O) groups excluding carboxylic acids is 1. The Morgan fingerprint density at radius 3 is 2.67 bits per heavy atom. The molecule has 2 heterocycles. The van der Waals surface area contributed by atoms with E-state index in [1.807, 2.05) is 43.3 Å². The maximum atomic E-state index is 12.0. The van der Waals surface area contributed by atoms with Gasteiger partial charge in [0.05, 0.1) is 6.61 Å². The highest BCUT2D eigenvalue weighted by Crippen LogP contribution is 2.40. The molecule has 2 aromatic carbocycles. The second-order valence-corrected chi connectivity index (χ2v) is 6.92. The van der Waals surface area contributed by atoms with Gasteiger partial charge in [0.2, 0.25) is 0 Å².